The molecule has 1 atom stereocenters. The van der Waals surface area contributed by atoms with Crippen molar-refractivity contribution in [1.82, 2.24) is 10.0 Å². The van der Waals surface area contributed by atoms with Gasteiger partial charge in [-0.05, 0) is 55.8 Å². The van der Waals surface area contributed by atoms with Crippen LogP contribution in [0.15, 0.2) is 77.7 Å². The van der Waals surface area contributed by atoms with Gasteiger partial charge in [0.05, 0.1) is 6.04 Å². The predicted octanol–water partition coefficient (Wildman–Crippen LogP) is 3.37. The number of aryl methyl sites for hydroxylation is 1. The van der Waals surface area contributed by atoms with Gasteiger partial charge in [0.15, 0.2) is 0 Å². The van der Waals surface area contributed by atoms with Crippen molar-refractivity contribution in [3.8, 4) is 0 Å². The van der Waals surface area contributed by atoms with E-state index >= 15 is 0 Å². The fourth-order valence-electron chi connectivity index (χ4n) is 3.02. The summed E-state index contributed by atoms with van der Waals surface area (Å²) in [6.45, 7) is 3.41. The standard InChI is InChI=1S/C24H24FN3O4S/c1-16-10-12-19(13-11-16)24(30)27-20-7-5-6-18(14-20)15-26-23(29)17(2)28-33(31,32)22-9-4-3-8-21(22)25/h3-14,17,28H,15H2,1-2H3,(H,26,29)(H,27,30)/t17-/m0/s1. The fraction of sp³-hybridized carbons (Fsp3) is 0.167. The maximum atomic E-state index is 13.8. The van der Waals surface area contributed by atoms with E-state index in [0.717, 1.165) is 17.7 Å². The molecule has 0 saturated heterocycles. The van der Waals surface area contributed by atoms with E-state index in [9.17, 15) is 22.4 Å². The van der Waals surface area contributed by atoms with E-state index in [4.69, 9.17) is 0 Å². The Morgan fingerprint density at radius 1 is 0.970 bits per heavy atom. The van der Waals surface area contributed by atoms with E-state index in [1.807, 2.05) is 19.1 Å². The zero-order chi connectivity index (χ0) is 24.0. The molecule has 0 heterocycles. The van der Waals surface area contributed by atoms with Gasteiger partial charge in [-0.25, -0.2) is 12.8 Å². The smallest absolute Gasteiger partial charge is 0.255 e. The van der Waals surface area contributed by atoms with E-state index in [-0.39, 0.29) is 12.5 Å². The zero-order valence-electron chi connectivity index (χ0n) is 18.1. The molecule has 3 aromatic carbocycles. The third kappa shape index (κ3) is 6.47. The number of carbonyl (C=O) groups is 2. The van der Waals surface area contributed by atoms with Gasteiger partial charge in [-0.2, -0.15) is 4.72 Å². The molecule has 0 aromatic heterocycles. The summed E-state index contributed by atoms with van der Waals surface area (Å²) in [5.74, 6) is -1.74. The van der Waals surface area contributed by atoms with Gasteiger partial charge >= 0.3 is 0 Å². The third-order valence-electron chi connectivity index (χ3n) is 4.82. The second-order valence-corrected chi connectivity index (χ2v) is 9.19. The summed E-state index contributed by atoms with van der Waals surface area (Å²) < 4.78 is 40.7. The Hall–Kier alpha value is -3.56. The van der Waals surface area contributed by atoms with Crippen molar-refractivity contribution in [3.63, 3.8) is 0 Å². The first kappa shape index (κ1) is 24.1. The van der Waals surface area contributed by atoms with Crippen LogP contribution in [0.4, 0.5) is 10.1 Å². The minimum atomic E-state index is -4.20. The normalized spacial score (nSPS) is 12.1. The molecule has 0 fully saturated rings. The molecule has 3 aromatic rings. The summed E-state index contributed by atoms with van der Waals surface area (Å²) in [6.07, 6.45) is 0. The molecule has 0 radical (unpaired) electrons. The largest absolute Gasteiger partial charge is 0.351 e. The zero-order valence-corrected chi connectivity index (χ0v) is 18.9. The molecule has 33 heavy (non-hydrogen) atoms. The van der Waals surface area contributed by atoms with Crippen LogP contribution in [0.25, 0.3) is 0 Å². The number of hydrogen-bond acceptors (Lipinski definition) is 4. The van der Waals surface area contributed by atoms with Crippen LogP contribution in [0.5, 0.6) is 0 Å². The first-order valence-electron chi connectivity index (χ1n) is 10.2. The second kappa shape index (κ2) is 10.4. The molecule has 0 saturated carbocycles. The molecule has 0 spiro atoms. The van der Waals surface area contributed by atoms with Crippen molar-refractivity contribution < 1.29 is 22.4 Å². The molecule has 3 rings (SSSR count). The number of hydrogen-bond donors (Lipinski definition) is 3. The van der Waals surface area contributed by atoms with Gasteiger partial charge in [-0.1, -0.05) is 42.0 Å². The van der Waals surface area contributed by atoms with Crippen LogP contribution >= 0.6 is 0 Å². The van der Waals surface area contributed by atoms with E-state index < -0.39 is 32.7 Å². The van der Waals surface area contributed by atoms with Gasteiger partial charge in [0.25, 0.3) is 5.91 Å². The fourth-order valence-corrected chi connectivity index (χ4v) is 4.30. The summed E-state index contributed by atoms with van der Waals surface area (Å²) in [4.78, 5) is 24.3. The second-order valence-electron chi connectivity index (χ2n) is 7.51. The van der Waals surface area contributed by atoms with Gasteiger partial charge in [-0.15, -0.1) is 0 Å². The highest BCUT2D eigenvalue weighted by Gasteiger charge is 2.24. The lowest BCUT2D eigenvalue weighted by Crippen LogP contribution is -2.44. The highest BCUT2D eigenvalue weighted by atomic mass is 32.2. The SMILES string of the molecule is Cc1ccc(C(=O)Nc2cccc(CNC(=O)[C@H](C)NS(=O)(=O)c3ccccc3F)c2)cc1. The molecule has 0 bridgehead atoms. The van der Waals surface area contributed by atoms with Gasteiger partial charge in [0.1, 0.15) is 10.7 Å². The van der Waals surface area contributed by atoms with Crippen molar-refractivity contribution in [3.05, 3.63) is 95.3 Å². The number of anilines is 1. The van der Waals surface area contributed by atoms with Crippen molar-refractivity contribution in [1.29, 1.82) is 0 Å². The number of sulfonamides is 1. The number of carbonyl (C=O) groups excluding carboxylic acids is 2. The lowest BCUT2D eigenvalue weighted by atomic mass is 10.1. The molecule has 0 unspecified atom stereocenters. The van der Waals surface area contributed by atoms with Gasteiger partial charge in [-0.3, -0.25) is 9.59 Å². The number of benzene rings is 3. The highest BCUT2D eigenvalue weighted by Crippen LogP contribution is 2.15. The predicted molar refractivity (Wildman–Crippen MR) is 124 cm³/mol. The van der Waals surface area contributed by atoms with E-state index in [2.05, 4.69) is 15.4 Å². The van der Waals surface area contributed by atoms with Crippen molar-refractivity contribution in [2.24, 2.45) is 0 Å². The Labute approximate surface area is 192 Å². The van der Waals surface area contributed by atoms with Crippen LogP contribution < -0.4 is 15.4 Å². The number of nitrogens with one attached hydrogen (secondary N) is 3. The topological polar surface area (TPSA) is 104 Å². The summed E-state index contributed by atoms with van der Waals surface area (Å²) in [5.41, 5.74) is 2.83. The van der Waals surface area contributed by atoms with Crippen molar-refractivity contribution >= 4 is 27.5 Å². The average molecular weight is 470 g/mol. The minimum Gasteiger partial charge on any atom is -0.351 e. The Morgan fingerprint density at radius 2 is 1.67 bits per heavy atom. The Morgan fingerprint density at radius 3 is 2.36 bits per heavy atom. The van der Waals surface area contributed by atoms with Crippen LogP contribution in [0, 0.1) is 12.7 Å². The first-order chi connectivity index (χ1) is 15.7. The van der Waals surface area contributed by atoms with Gasteiger partial charge in [0, 0.05) is 17.8 Å². The van der Waals surface area contributed by atoms with Crippen molar-refractivity contribution in [2.45, 2.75) is 31.3 Å². The number of rotatable bonds is 8. The summed E-state index contributed by atoms with van der Waals surface area (Å²) in [5, 5.41) is 5.44. The molecule has 172 valence electrons. The van der Waals surface area contributed by atoms with Crippen LogP contribution in [0.2, 0.25) is 0 Å². The lowest BCUT2D eigenvalue weighted by molar-refractivity contribution is -0.122. The third-order valence-corrected chi connectivity index (χ3v) is 6.39. The molecule has 0 aliphatic heterocycles. The maximum Gasteiger partial charge on any atom is 0.255 e. The summed E-state index contributed by atoms with van der Waals surface area (Å²) >= 11 is 0. The number of halogens is 1. The van der Waals surface area contributed by atoms with E-state index in [1.165, 1.54) is 19.1 Å². The molecule has 3 N–H and O–H groups in total. The Bertz CT molecular complexity index is 1260. The van der Waals surface area contributed by atoms with E-state index in [0.29, 0.717) is 16.8 Å². The van der Waals surface area contributed by atoms with Gasteiger partial charge in [0.2, 0.25) is 15.9 Å². The quantitative estimate of drug-likeness (QED) is 0.471. The monoisotopic (exact) mass is 469 g/mol. The maximum absolute atomic E-state index is 13.8. The molecular weight excluding hydrogens is 445 g/mol. The highest BCUT2D eigenvalue weighted by molar-refractivity contribution is 7.89. The van der Waals surface area contributed by atoms with E-state index in [1.54, 1.807) is 36.4 Å². The van der Waals surface area contributed by atoms with Crippen LogP contribution in [0.3, 0.4) is 0 Å². The molecule has 0 aliphatic carbocycles. The molecule has 7 nitrogen and oxygen atoms in total. The van der Waals surface area contributed by atoms with Crippen molar-refractivity contribution in [2.75, 3.05) is 5.32 Å². The molecule has 2 amide bonds. The first-order valence-corrected chi connectivity index (χ1v) is 11.7. The Balaban J connectivity index is 1.58. The minimum absolute atomic E-state index is 0.110. The molecule has 0 aliphatic rings. The molecule has 9 heteroatoms. The molecular formula is C24H24FN3O4S. The lowest BCUT2D eigenvalue weighted by Gasteiger charge is -2.15. The summed E-state index contributed by atoms with van der Waals surface area (Å²) in [7, 11) is -4.20. The average Bonchev–Trinajstić information content (AvgIpc) is 2.78. The summed E-state index contributed by atoms with van der Waals surface area (Å²) in [6, 6.07) is 17.9. The van der Waals surface area contributed by atoms with Crippen LogP contribution in [-0.2, 0) is 21.4 Å². The van der Waals surface area contributed by atoms with Crippen LogP contribution in [-0.4, -0.2) is 26.3 Å². The Kier molecular flexibility index (Phi) is 7.57. The van der Waals surface area contributed by atoms with Crippen LogP contribution in [0.1, 0.15) is 28.4 Å². The van der Waals surface area contributed by atoms with Gasteiger partial charge < -0.3 is 10.6 Å². The number of amides is 2.